The maximum atomic E-state index is 12.3. The fourth-order valence-electron chi connectivity index (χ4n) is 1.95. The van der Waals surface area contributed by atoms with Crippen LogP contribution in [-0.2, 0) is 4.79 Å². The molecule has 4 N–H and O–H groups in total. The second-order valence-electron chi connectivity index (χ2n) is 4.95. The summed E-state index contributed by atoms with van der Waals surface area (Å²) in [5, 5.41) is 19.3. The van der Waals surface area contributed by atoms with Crippen LogP contribution in [0.4, 0.5) is 11.4 Å². The van der Waals surface area contributed by atoms with E-state index in [9.17, 15) is 4.79 Å². The number of nitrogens with zero attached hydrogens (tertiary/aromatic N) is 1. The average Bonchev–Trinajstić information content (AvgIpc) is 2.55. The van der Waals surface area contributed by atoms with Gasteiger partial charge in [0.25, 0.3) is 0 Å². The molecule has 2 aromatic carbocycles. The molecule has 0 aliphatic rings. The SMILES string of the molecule is Cc1cccc(NNC(C(=N)C#N)C(=O)Nc2ccccc2)c1. The number of rotatable bonds is 6. The van der Waals surface area contributed by atoms with Crippen molar-refractivity contribution in [3.63, 3.8) is 0 Å². The van der Waals surface area contributed by atoms with E-state index in [0.717, 1.165) is 11.3 Å². The van der Waals surface area contributed by atoms with Crippen LogP contribution in [0.5, 0.6) is 0 Å². The molecule has 1 unspecified atom stereocenters. The number of hydrogen-bond acceptors (Lipinski definition) is 5. The maximum Gasteiger partial charge on any atom is 0.250 e. The zero-order valence-corrected chi connectivity index (χ0v) is 12.6. The first-order valence-electron chi connectivity index (χ1n) is 7.03. The monoisotopic (exact) mass is 307 g/mol. The molecule has 1 amide bonds. The normalized spacial score (nSPS) is 11.1. The molecular formula is C17H17N5O. The first-order chi connectivity index (χ1) is 11.1. The van der Waals surface area contributed by atoms with Gasteiger partial charge in [0.15, 0.2) is 6.04 Å². The van der Waals surface area contributed by atoms with Gasteiger partial charge in [-0.2, -0.15) is 5.26 Å². The summed E-state index contributed by atoms with van der Waals surface area (Å²) in [6.07, 6.45) is 0. The third-order valence-corrected chi connectivity index (χ3v) is 3.09. The number of aryl methyl sites for hydroxylation is 1. The summed E-state index contributed by atoms with van der Waals surface area (Å²) in [6.45, 7) is 1.95. The van der Waals surface area contributed by atoms with Crippen molar-refractivity contribution in [1.82, 2.24) is 5.43 Å². The van der Waals surface area contributed by atoms with Crippen molar-refractivity contribution in [3.8, 4) is 6.07 Å². The van der Waals surface area contributed by atoms with Gasteiger partial charge in [0.2, 0.25) is 5.91 Å². The van der Waals surface area contributed by atoms with E-state index in [2.05, 4.69) is 16.2 Å². The van der Waals surface area contributed by atoms with Gasteiger partial charge in [0, 0.05) is 11.4 Å². The van der Waals surface area contributed by atoms with Gasteiger partial charge in [0.1, 0.15) is 11.8 Å². The second kappa shape index (κ2) is 7.73. The molecule has 0 saturated carbocycles. The number of hydrazine groups is 1. The van der Waals surface area contributed by atoms with E-state index in [1.165, 1.54) is 0 Å². The molecule has 2 rings (SSSR count). The van der Waals surface area contributed by atoms with Crippen LogP contribution in [0.25, 0.3) is 0 Å². The van der Waals surface area contributed by atoms with Gasteiger partial charge in [-0.3, -0.25) is 10.2 Å². The summed E-state index contributed by atoms with van der Waals surface area (Å²) in [7, 11) is 0. The van der Waals surface area contributed by atoms with Gasteiger partial charge in [0.05, 0.1) is 0 Å². The highest BCUT2D eigenvalue weighted by Gasteiger charge is 2.23. The smallest absolute Gasteiger partial charge is 0.250 e. The van der Waals surface area contributed by atoms with Gasteiger partial charge in [-0.1, -0.05) is 30.3 Å². The van der Waals surface area contributed by atoms with Crippen molar-refractivity contribution < 1.29 is 4.79 Å². The fraction of sp³-hybridized carbons (Fsp3) is 0.118. The molecule has 1 atom stereocenters. The molecule has 0 aliphatic heterocycles. The summed E-state index contributed by atoms with van der Waals surface area (Å²) in [6, 6.07) is 17.0. The highest BCUT2D eigenvalue weighted by Crippen LogP contribution is 2.09. The molecular weight excluding hydrogens is 290 g/mol. The Morgan fingerprint density at radius 3 is 2.48 bits per heavy atom. The number of nitrogens with one attached hydrogen (secondary N) is 4. The molecule has 6 heteroatoms. The van der Waals surface area contributed by atoms with Crippen molar-refractivity contribution in [2.24, 2.45) is 0 Å². The van der Waals surface area contributed by atoms with Crippen molar-refractivity contribution in [1.29, 1.82) is 10.7 Å². The van der Waals surface area contributed by atoms with Gasteiger partial charge < -0.3 is 10.7 Å². The molecule has 116 valence electrons. The molecule has 0 spiro atoms. The Bertz CT molecular complexity index is 736. The van der Waals surface area contributed by atoms with Crippen LogP contribution in [0.15, 0.2) is 54.6 Å². The zero-order chi connectivity index (χ0) is 16.7. The summed E-state index contributed by atoms with van der Waals surface area (Å²) < 4.78 is 0. The Morgan fingerprint density at radius 1 is 1.13 bits per heavy atom. The predicted molar refractivity (Wildman–Crippen MR) is 90.1 cm³/mol. The van der Waals surface area contributed by atoms with Crippen LogP contribution in [0.3, 0.4) is 0 Å². The lowest BCUT2D eigenvalue weighted by Crippen LogP contribution is -2.48. The van der Waals surface area contributed by atoms with Crippen LogP contribution in [0.1, 0.15) is 5.56 Å². The number of para-hydroxylation sites is 1. The van der Waals surface area contributed by atoms with Gasteiger partial charge in [-0.25, -0.2) is 5.43 Å². The Balaban J connectivity index is 2.06. The van der Waals surface area contributed by atoms with E-state index in [1.807, 2.05) is 37.3 Å². The third kappa shape index (κ3) is 4.66. The molecule has 6 nitrogen and oxygen atoms in total. The largest absolute Gasteiger partial charge is 0.324 e. The summed E-state index contributed by atoms with van der Waals surface area (Å²) in [5.74, 6) is -0.483. The lowest BCUT2D eigenvalue weighted by Gasteiger charge is -2.18. The topological polar surface area (TPSA) is 101 Å². The highest BCUT2D eigenvalue weighted by atomic mass is 16.2. The fourth-order valence-corrected chi connectivity index (χ4v) is 1.95. The number of anilines is 2. The van der Waals surface area contributed by atoms with Gasteiger partial charge in [-0.05, 0) is 36.8 Å². The highest BCUT2D eigenvalue weighted by molar-refractivity contribution is 6.17. The number of carbonyl (C=O) groups is 1. The molecule has 23 heavy (non-hydrogen) atoms. The van der Waals surface area contributed by atoms with E-state index in [4.69, 9.17) is 10.7 Å². The van der Waals surface area contributed by atoms with E-state index in [-0.39, 0.29) is 5.71 Å². The number of nitriles is 1. The number of benzene rings is 2. The predicted octanol–water partition coefficient (Wildman–Crippen LogP) is 2.46. The lowest BCUT2D eigenvalue weighted by molar-refractivity contribution is -0.116. The van der Waals surface area contributed by atoms with E-state index in [1.54, 1.807) is 30.3 Å². The number of carbonyl (C=O) groups excluding carboxylic acids is 1. The zero-order valence-electron chi connectivity index (χ0n) is 12.6. The van der Waals surface area contributed by atoms with Gasteiger partial charge >= 0.3 is 0 Å². The first-order valence-corrected chi connectivity index (χ1v) is 7.03. The maximum absolute atomic E-state index is 12.3. The van der Waals surface area contributed by atoms with Crippen LogP contribution in [0, 0.1) is 23.7 Å². The van der Waals surface area contributed by atoms with Crippen LogP contribution < -0.4 is 16.2 Å². The summed E-state index contributed by atoms with van der Waals surface area (Å²) >= 11 is 0. The standard InChI is InChI=1S/C17H17N5O/c1-12-6-5-9-14(10-12)21-22-16(15(19)11-18)17(23)20-13-7-3-2-4-8-13/h2-10,16,19,21-22H,1H3,(H,20,23). The van der Waals surface area contributed by atoms with Crippen LogP contribution in [-0.4, -0.2) is 17.7 Å². The summed E-state index contributed by atoms with van der Waals surface area (Å²) in [4.78, 5) is 12.3. The minimum atomic E-state index is -1.10. The Kier molecular flexibility index (Phi) is 5.45. The molecule has 0 aliphatic carbocycles. The van der Waals surface area contributed by atoms with Crippen LogP contribution >= 0.6 is 0 Å². The molecule has 2 aromatic rings. The number of hydrogen-bond donors (Lipinski definition) is 4. The quantitative estimate of drug-likeness (QED) is 0.486. The average molecular weight is 307 g/mol. The first kappa shape index (κ1) is 16.2. The van der Waals surface area contributed by atoms with Crippen molar-refractivity contribution in [2.45, 2.75) is 13.0 Å². The minimum Gasteiger partial charge on any atom is -0.324 e. The van der Waals surface area contributed by atoms with E-state index >= 15 is 0 Å². The Hall–Kier alpha value is -3.17. The molecule has 0 saturated heterocycles. The van der Waals surface area contributed by atoms with Crippen molar-refractivity contribution >= 4 is 23.0 Å². The van der Waals surface area contributed by atoms with E-state index < -0.39 is 11.9 Å². The Morgan fingerprint density at radius 2 is 1.83 bits per heavy atom. The van der Waals surface area contributed by atoms with Crippen LogP contribution in [0.2, 0.25) is 0 Å². The van der Waals surface area contributed by atoms with Crippen molar-refractivity contribution in [3.05, 3.63) is 60.2 Å². The molecule has 0 heterocycles. The van der Waals surface area contributed by atoms with Gasteiger partial charge in [-0.15, -0.1) is 0 Å². The second-order valence-corrected chi connectivity index (χ2v) is 4.95. The Labute approximate surface area is 134 Å². The van der Waals surface area contributed by atoms with Crippen molar-refractivity contribution in [2.75, 3.05) is 10.7 Å². The lowest BCUT2D eigenvalue weighted by atomic mass is 10.1. The molecule has 0 radical (unpaired) electrons. The minimum absolute atomic E-state index is 0.376. The molecule has 0 bridgehead atoms. The summed E-state index contributed by atoms with van der Waals surface area (Å²) in [5.41, 5.74) is 7.61. The van der Waals surface area contributed by atoms with E-state index in [0.29, 0.717) is 5.69 Å². The number of amides is 1. The third-order valence-electron chi connectivity index (χ3n) is 3.09. The molecule has 0 aromatic heterocycles. The molecule has 0 fully saturated rings.